The number of esters is 1. The number of nitrogens with one attached hydrogen (secondary N) is 3. The van der Waals surface area contributed by atoms with Crippen molar-refractivity contribution in [1.82, 2.24) is 30.8 Å². The molecule has 0 saturated carbocycles. The van der Waals surface area contributed by atoms with E-state index in [2.05, 4.69) is 35.8 Å². The number of aliphatic imine (C=N–C) groups is 1. The van der Waals surface area contributed by atoms with Crippen LogP contribution in [-0.2, 0) is 11.3 Å². The van der Waals surface area contributed by atoms with Gasteiger partial charge in [-0.3, -0.25) is 10.1 Å². The van der Waals surface area contributed by atoms with Crippen LogP contribution in [0.3, 0.4) is 0 Å². The first-order valence-corrected chi connectivity index (χ1v) is 10.4. The van der Waals surface area contributed by atoms with E-state index in [4.69, 9.17) is 4.74 Å². The fourth-order valence-electron chi connectivity index (χ4n) is 2.81. The zero-order chi connectivity index (χ0) is 21.5. The van der Waals surface area contributed by atoms with Crippen LogP contribution in [0.15, 0.2) is 35.6 Å². The summed E-state index contributed by atoms with van der Waals surface area (Å²) in [4.78, 5) is 25.6. The minimum Gasteiger partial charge on any atom is -0.462 e. The Kier molecular flexibility index (Phi) is 9.37. The number of aromatic nitrogens is 4. The Morgan fingerprint density at radius 2 is 2.19 bits per heavy atom. The summed E-state index contributed by atoms with van der Waals surface area (Å²) < 4.78 is 5.09. The highest BCUT2D eigenvalue weighted by molar-refractivity contribution is 14.0. The third-order valence-electron chi connectivity index (χ3n) is 4.30. The van der Waals surface area contributed by atoms with Crippen molar-refractivity contribution in [2.45, 2.75) is 33.4 Å². The minimum atomic E-state index is -0.333. The number of aryl methyl sites for hydroxylation is 1. The molecule has 0 radical (unpaired) electrons. The number of hydrogen-bond acceptors (Lipinski definition) is 7. The molecule has 2 aromatic heterocycles. The number of thiazole rings is 1. The molecular formula is C20H26IN7O2S. The summed E-state index contributed by atoms with van der Waals surface area (Å²) in [6, 6.07) is 7.90. The van der Waals surface area contributed by atoms with E-state index in [9.17, 15) is 4.79 Å². The monoisotopic (exact) mass is 555 g/mol. The van der Waals surface area contributed by atoms with Crippen LogP contribution in [0.4, 0.5) is 0 Å². The van der Waals surface area contributed by atoms with Gasteiger partial charge in [0, 0.05) is 19.2 Å². The number of aromatic amines is 1. The third-order valence-corrected chi connectivity index (χ3v) is 5.62. The van der Waals surface area contributed by atoms with Crippen LogP contribution in [0, 0.1) is 6.92 Å². The Morgan fingerprint density at radius 1 is 1.39 bits per heavy atom. The van der Waals surface area contributed by atoms with Crippen molar-refractivity contribution in [3.05, 3.63) is 51.7 Å². The van der Waals surface area contributed by atoms with Gasteiger partial charge in [0.15, 0.2) is 11.8 Å². The van der Waals surface area contributed by atoms with Crippen LogP contribution in [0.25, 0.3) is 11.4 Å². The number of hydrogen-bond donors (Lipinski definition) is 3. The lowest BCUT2D eigenvalue weighted by molar-refractivity contribution is 0.0531. The third kappa shape index (κ3) is 6.47. The number of halogens is 1. The molecule has 0 amide bonds. The van der Waals surface area contributed by atoms with Gasteiger partial charge in [-0.2, -0.15) is 5.10 Å². The van der Waals surface area contributed by atoms with Gasteiger partial charge in [-0.05, 0) is 32.4 Å². The highest BCUT2D eigenvalue weighted by Gasteiger charge is 2.20. The normalized spacial score (nSPS) is 12.1. The summed E-state index contributed by atoms with van der Waals surface area (Å²) in [5, 5.41) is 14.2. The molecule has 11 heteroatoms. The molecule has 0 aliphatic rings. The molecule has 166 valence electrons. The zero-order valence-corrected chi connectivity index (χ0v) is 20.9. The second-order valence-electron chi connectivity index (χ2n) is 6.51. The summed E-state index contributed by atoms with van der Waals surface area (Å²) >= 11 is 1.34. The Morgan fingerprint density at radius 3 is 2.87 bits per heavy atom. The summed E-state index contributed by atoms with van der Waals surface area (Å²) in [6.45, 7) is 6.50. The van der Waals surface area contributed by atoms with E-state index in [1.165, 1.54) is 17.7 Å². The number of nitrogens with zero attached hydrogens (tertiary/aromatic N) is 4. The molecule has 3 aromatic rings. The van der Waals surface area contributed by atoms with Crippen molar-refractivity contribution in [2.24, 2.45) is 4.99 Å². The number of H-pyrrole nitrogens is 1. The molecular weight excluding hydrogens is 529 g/mol. The predicted octanol–water partition coefficient (Wildman–Crippen LogP) is 3.46. The number of carbonyl (C=O) groups is 1. The van der Waals surface area contributed by atoms with E-state index in [1.807, 2.05) is 38.1 Å². The molecule has 3 rings (SSSR count). The first kappa shape index (κ1) is 24.7. The van der Waals surface area contributed by atoms with Crippen molar-refractivity contribution < 1.29 is 9.53 Å². The van der Waals surface area contributed by atoms with Gasteiger partial charge in [-0.1, -0.05) is 18.2 Å². The van der Waals surface area contributed by atoms with Gasteiger partial charge in [0.1, 0.15) is 16.2 Å². The molecule has 0 fully saturated rings. The van der Waals surface area contributed by atoms with Crippen LogP contribution in [0.2, 0.25) is 0 Å². The van der Waals surface area contributed by atoms with E-state index in [-0.39, 0.29) is 36.0 Å². The van der Waals surface area contributed by atoms with E-state index in [1.54, 1.807) is 14.0 Å². The van der Waals surface area contributed by atoms with Gasteiger partial charge in [-0.15, -0.1) is 35.3 Å². The Labute approximate surface area is 202 Å². The molecule has 2 heterocycles. The molecule has 0 saturated heterocycles. The highest BCUT2D eigenvalue weighted by Crippen LogP contribution is 2.24. The van der Waals surface area contributed by atoms with Crippen molar-refractivity contribution >= 4 is 47.2 Å². The van der Waals surface area contributed by atoms with Gasteiger partial charge in [0.05, 0.1) is 18.3 Å². The van der Waals surface area contributed by atoms with Crippen molar-refractivity contribution in [1.29, 1.82) is 0 Å². The molecule has 0 aliphatic heterocycles. The quantitative estimate of drug-likeness (QED) is 0.177. The first-order chi connectivity index (χ1) is 14.5. The Hall–Kier alpha value is -2.54. The zero-order valence-electron chi connectivity index (χ0n) is 17.8. The molecule has 0 aliphatic carbocycles. The number of ether oxygens (including phenoxy) is 1. The van der Waals surface area contributed by atoms with Crippen LogP contribution < -0.4 is 10.6 Å². The van der Waals surface area contributed by atoms with Gasteiger partial charge >= 0.3 is 5.97 Å². The van der Waals surface area contributed by atoms with Crippen molar-refractivity contribution in [3.63, 3.8) is 0 Å². The van der Waals surface area contributed by atoms with Crippen molar-refractivity contribution in [3.8, 4) is 11.4 Å². The molecule has 1 aromatic carbocycles. The van der Waals surface area contributed by atoms with Crippen LogP contribution in [-0.4, -0.2) is 45.7 Å². The summed E-state index contributed by atoms with van der Waals surface area (Å²) in [7, 11) is 1.71. The molecule has 31 heavy (non-hydrogen) atoms. The highest BCUT2D eigenvalue weighted by atomic mass is 127. The molecule has 1 atom stereocenters. The average molecular weight is 555 g/mol. The van der Waals surface area contributed by atoms with Gasteiger partial charge in [-0.25, -0.2) is 14.8 Å². The molecule has 0 spiro atoms. The maximum atomic E-state index is 12.0. The van der Waals surface area contributed by atoms with Gasteiger partial charge in [0.2, 0.25) is 0 Å². The number of rotatable bonds is 7. The number of benzene rings is 1. The predicted molar refractivity (Wildman–Crippen MR) is 132 cm³/mol. The maximum Gasteiger partial charge on any atom is 0.350 e. The van der Waals surface area contributed by atoms with E-state index < -0.39 is 0 Å². The lowest BCUT2D eigenvalue weighted by Gasteiger charge is -2.16. The summed E-state index contributed by atoms with van der Waals surface area (Å²) in [6.07, 6.45) is 1.49. The SMILES string of the molecule is CCOC(=O)c1sc(C(C)NC(=NC)NCc2cccc(-c3ncn[nH]3)c2)nc1C.I. The molecule has 9 nitrogen and oxygen atoms in total. The summed E-state index contributed by atoms with van der Waals surface area (Å²) in [5.41, 5.74) is 2.72. The minimum absolute atomic E-state index is 0. The van der Waals surface area contributed by atoms with E-state index in [0.29, 0.717) is 29.7 Å². The largest absolute Gasteiger partial charge is 0.462 e. The maximum absolute atomic E-state index is 12.0. The molecule has 3 N–H and O–H groups in total. The van der Waals surface area contributed by atoms with Gasteiger partial charge < -0.3 is 15.4 Å². The lowest BCUT2D eigenvalue weighted by Crippen LogP contribution is -2.38. The fraction of sp³-hybridized carbons (Fsp3) is 0.350. The second-order valence-corrected chi connectivity index (χ2v) is 7.54. The van der Waals surface area contributed by atoms with E-state index in [0.717, 1.165) is 22.0 Å². The van der Waals surface area contributed by atoms with Gasteiger partial charge in [0.25, 0.3) is 0 Å². The fourth-order valence-corrected chi connectivity index (χ4v) is 3.77. The Balaban J connectivity index is 0.00000341. The standard InChI is InChI=1S/C20H25N7O2S.HI/c1-5-29-19(28)16-12(2)25-18(30-16)13(3)26-20(21-4)22-10-14-7-6-8-15(9-14)17-23-11-24-27-17;/h6-9,11,13H,5,10H2,1-4H3,(H2,21,22,26)(H,23,24,27);1H. The smallest absolute Gasteiger partial charge is 0.350 e. The molecule has 1 unspecified atom stereocenters. The lowest BCUT2D eigenvalue weighted by atomic mass is 10.1. The van der Waals surface area contributed by atoms with Crippen LogP contribution in [0.1, 0.15) is 45.8 Å². The van der Waals surface area contributed by atoms with E-state index >= 15 is 0 Å². The second kappa shape index (κ2) is 11.7. The topological polar surface area (TPSA) is 117 Å². The first-order valence-electron chi connectivity index (χ1n) is 9.58. The van der Waals surface area contributed by atoms with Crippen LogP contribution in [0.5, 0.6) is 0 Å². The van der Waals surface area contributed by atoms with Crippen molar-refractivity contribution in [2.75, 3.05) is 13.7 Å². The number of guanidine groups is 1. The number of carbonyl (C=O) groups excluding carboxylic acids is 1. The molecule has 0 bridgehead atoms. The van der Waals surface area contributed by atoms with Crippen LogP contribution >= 0.6 is 35.3 Å². The Bertz CT molecular complexity index is 1020. The average Bonchev–Trinajstić information content (AvgIpc) is 3.41. The summed E-state index contributed by atoms with van der Waals surface area (Å²) in [5.74, 6) is 1.03.